The first kappa shape index (κ1) is 32.5. The molecule has 4 aliphatic heterocycles. The van der Waals surface area contributed by atoms with Crippen LogP contribution in [0.15, 0.2) is 64.0 Å². The number of hydrogen-bond acceptors (Lipinski definition) is 8. The lowest BCUT2D eigenvalue weighted by atomic mass is 9.71. The number of benzene rings is 2. The highest BCUT2D eigenvalue weighted by Gasteiger charge is 2.47. The molecule has 1 aromatic heterocycles. The lowest BCUT2D eigenvalue weighted by molar-refractivity contribution is -0.134. The Hall–Kier alpha value is -4.03. The summed E-state index contributed by atoms with van der Waals surface area (Å²) in [6.07, 6.45) is 5.62. The topological polar surface area (TPSA) is 120 Å². The summed E-state index contributed by atoms with van der Waals surface area (Å²) in [5, 5.41) is 10.1. The number of likely N-dealkylation sites (N-methyl/N-ethyl adjacent to an activating group) is 1. The number of nitrogens with one attached hydrogen (secondary N) is 2. The van der Waals surface area contributed by atoms with Crippen LogP contribution in [0.25, 0.3) is 0 Å². The summed E-state index contributed by atoms with van der Waals surface area (Å²) in [4.78, 5) is 56.2. The van der Waals surface area contributed by atoms with E-state index >= 15 is 0 Å². The second-order valence-electron chi connectivity index (χ2n) is 14.2. The highest BCUT2D eigenvalue weighted by molar-refractivity contribution is 9.10. The van der Waals surface area contributed by atoms with Crippen LogP contribution in [-0.4, -0.2) is 89.7 Å². The first-order chi connectivity index (χ1) is 23.1. The molecule has 252 valence electrons. The third-order valence-electron chi connectivity index (χ3n) is 10.8. The third kappa shape index (κ3) is 6.52. The number of anilines is 2. The quantitative estimate of drug-likeness (QED) is 0.371. The fraction of sp³-hybridized carbons (Fsp3) is 0.472. The van der Waals surface area contributed by atoms with Gasteiger partial charge in [0, 0.05) is 75.4 Å². The van der Waals surface area contributed by atoms with Crippen LogP contribution in [0, 0.1) is 5.41 Å². The van der Waals surface area contributed by atoms with Crippen molar-refractivity contribution in [1.29, 1.82) is 0 Å². The summed E-state index contributed by atoms with van der Waals surface area (Å²) in [7, 11) is 3.75. The molecule has 5 heterocycles. The molecular weight excluding hydrogens is 674 g/mol. The summed E-state index contributed by atoms with van der Waals surface area (Å²) in [6, 6.07) is 16.5. The molecule has 4 saturated heterocycles. The van der Waals surface area contributed by atoms with Crippen LogP contribution in [0.4, 0.5) is 11.4 Å². The molecule has 0 saturated carbocycles. The molecule has 3 aromatic rings. The van der Waals surface area contributed by atoms with E-state index in [9.17, 15) is 19.2 Å². The van der Waals surface area contributed by atoms with Crippen molar-refractivity contribution in [2.45, 2.75) is 50.0 Å². The van der Waals surface area contributed by atoms with E-state index in [1.165, 1.54) is 10.2 Å². The molecule has 11 nitrogen and oxygen atoms in total. The van der Waals surface area contributed by atoms with Gasteiger partial charge in [0.2, 0.25) is 11.8 Å². The highest BCUT2D eigenvalue weighted by atomic mass is 79.9. The Labute approximate surface area is 288 Å². The van der Waals surface area contributed by atoms with Gasteiger partial charge >= 0.3 is 0 Å². The third-order valence-corrected chi connectivity index (χ3v) is 11.5. The predicted molar refractivity (Wildman–Crippen MR) is 187 cm³/mol. The second-order valence-corrected chi connectivity index (χ2v) is 15.0. The van der Waals surface area contributed by atoms with Crippen molar-refractivity contribution in [2.24, 2.45) is 12.5 Å². The van der Waals surface area contributed by atoms with Gasteiger partial charge in [-0.25, -0.2) is 4.68 Å². The molecule has 2 aromatic carbocycles. The number of imide groups is 1. The van der Waals surface area contributed by atoms with Crippen LogP contribution in [0.5, 0.6) is 0 Å². The molecule has 3 amide bonds. The minimum absolute atomic E-state index is 0.0990. The number of piperidine rings is 3. The molecule has 0 aliphatic carbocycles. The standard InChI is InChI=1S/C36H42BrN7O4/c1-41-19-26(17-27(20-41)39-30-18-38-42(2)35(48)32(30)37)23-3-5-25(6-4-23)34(47)44-21-36(22-44)13-15-43(16-14-36)28-9-7-24(8-10-28)29-11-12-31(45)40-33(29)46/h3-10,18,26-27,29,39H,11-17,19-22H2,1-2H3,(H,40,45,46). The van der Waals surface area contributed by atoms with Gasteiger partial charge in [0.1, 0.15) is 4.47 Å². The first-order valence-corrected chi connectivity index (χ1v) is 17.6. The Balaban J connectivity index is 0.906. The Morgan fingerprint density at radius 1 is 0.958 bits per heavy atom. The van der Waals surface area contributed by atoms with Gasteiger partial charge in [-0.15, -0.1) is 0 Å². The van der Waals surface area contributed by atoms with Crippen LogP contribution < -0.4 is 21.1 Å². The summed E-state index contributed by atoms with van der Waals surface area (Å²) in [5.74, 6) is -0.262. The van der Waals surface area contributed by atoms with Crippen molar-refractivity contribution in [1.82, 2.24) is 24.9 Å². The zero-order valence-electron chi connectivity index (χ0n) is 27.5. The lowest BCUT2D eigenvalue weighted by Gasteiger charge is -2.54. The van der Waals surface area contributed by atoms with Crippen molar-refractivity contribution in [3.05, 3.63) is 86.2 Å². The van der Waals surface area contributed by atoms with E-state index in [1.54, 1.807) is 13.2 Å². The average Bonchev–Trinajstić information content (AvgIpc) is 3.07. The van der Waals surface area contributed by atoms with Crippen LogP contribution in [-0.2, 0) is 16.6 Å². The molecule has 4 aliphatic rings. The number of carbonyl (C=O) groups is 3. The maximum Gasteiger partial charge on any atom is 0.282 e. The smallest absolute Gasteiger partial charge is 0.282 e. The summed E-state index contributed by atoms with van der Waals surface area (Å²) in [5.41, 5.74) is 4.76. The number of amides is 3. The van der Waals surface area contributed by atoms with Crippen LogP contribution in [0.1, 0.15) is 65.4 Å². The highest BCUT2D eigenvalue weighted by Crippen LogP contribution is 2.42. The van der Waals surface area contributed by atoms with E-state index in [2.05, 4.69) is 72.8 Å². The number of aryl methyl sites for hydroxylation is 1. The average molecular weight is 717 g/mol. The molecule has 2 N–H and O–H groups in total. The molecule has 4 fully saturated rings. The molecule has 0 radical (unpaired) electrons. The van der Waals surface area contributed by atoms with Crippen molar-refractivity contribution < 1.29 is 14.4 Å². The van der Waals surface area contributed by atoms with Crippen molar-refractivity contribution >= 4 is 45.0 Å². The molecule has 3 atom stereocenters. The van der Waals surface area contributed by atoms with Crippen LogP contribution >= 0.6 is 15.9 Å². The number of hydrogen-bond donors (Lipinski definition) is 2. The zero-order chi connectivity index (χ0) is 33.6. The molecule has 0 bridgehead atoms. The molecule has 12 heteroatoms. The van der Waals surface area contributed by atoms with E-state index in [0.29, 0.717) is 28.9 Å². The molecule has 48 heavy (non-hydrogen) atoms. The van der Waals surface area contributed by atoms with Crippen molar-refractivity contribution in [3.8, 4) is 0 Å². The molecule has 3 unspecified atom stereocenters. The van der Waals surface area contributed by atoms with Gasteiger partial charge in [0.25, 0.3) is 11.5 Å². The molecular formula is C36H42BrN7O4. The fourth-order valence-corrected chi connectivity index (χ4v) is 8.44. The van der Waals surface area contributed by atoms with E-state index < -0.39 is 0 Å². The molecule has 1 spiro atoms. The maximum atomic E-state index is 13.4. The number of halogens is 1. The fourth-order valence-electron chi connectivity index (χ4n) is 7.97. The van der Waals surface area contributed by atoms with Gasteiger partial charge in [0.15, 0.2) is 0 Å². The summed E-state index contributed by atoms with van der Waals surface area (Å²) in [6.45, 7) is 5.26. The van der Waals surface area contributed by atoms with E-state index in [0.717, 1.165) is 75.3 Å². The Morgan fingerprint density at radius 3 is 2.33 bits per heavy atom. The van der Waals surface area contributed by atoms with Crippen molar-refractivity contribution in [3.63, 3.8) is 0 Å². The van der Waals surface area contributed by atoms with Gasteiger partial charge < -0.3 is 20.0 Å². The Morgan fingerprint density at radius 2 is 1.65 bits per heavy atom. The van der Waals surface area contributed by atoms with Gasteiger partial charge in [-0.2, -0.15) is 5.10 Å². The predicted octanol–water partition coefficient (Wildman–Crippen LogP) is 3.71. The minimum Gasteiger partial charge on any atom is -0.379 e. The Kier molecular flexibility index (Phi) is 8.88. The van der Waals surface area contributed by atoms with Gasteiger partial charge in [-0.3, -0.25) is 24.5 Å². The summed E-state index contributed by atoms with van der Waals surface area (Å²) < 4.78 is 1.80. The SMILES string of the molecule is CN1CC(Nc2cnn(C)c(=O)c2Br)CC(c2ccc(C(=O)N3CC4(CCN(c5ccc(C6CCC(=O)NC6=O)cc5)CC4)C3)cc2)C1. The van der Waals surface area contributed by atoms with Crippen LogP contribution in [0.2, 0.25) is 0 Å². The lowest BCUT2D eigenvalue weighted by Crippen LogP contribution is -2.61. The van der Waals surface area contributed by atoms with Gasteiger partial charge in [-0.05, 0) is 90.0 Å². The van der Waals surface area contributed by atoms with Crippen molar-refractivity contribution in [2.75, 3.05) is 56.5 Å². The van der Waals surface area contributed by atoms with Crippen LogP contribution in [0.3, 0.4) is 0 Å². The first-order valence-electron chi connectivity index (χ1n) is 16.8. The number of likely N-dealkylation sites (tertiary alicyclic amines) is 2. The summed E-state index contributed by atoms with van der Waals surface area (Å²) >= 11 is 3.42. The van der Waals surface area contributed by atoms with E-state index in [1.807, 2.05) is 29.2 Å². The number of aromatic nitrogens is 2. The monoisotopic (exact) mass is 715 g/mol. The number of rotatable bonds is 6. The normalized spacial score (nSPS) is 24.3. The zero-order valence-corrected chi connectivity index (χ0v) is 29.0. The molecule has 7 rings (SSSR count). The Bertz CT molecular complexity index is 1760. The van der Waals surface area contributed by atoms with Gasteiger partial charge in [0.05, 0.1) is 17.8 Å². The number of nitrogens with zero attached hydrogens (tertiary/aromatic N) is 5. The largest absolute Gasteiger partial charge is 0.379 e. The maximum absolute atomic E-state index is 13.4. The number of carbonyl (C=O) groups excluding carboxylic acids is 3. The second kappa shape index (κ2) is 13.1. The minimum atomic E-state index is -0.265. The van der Waals surface area contributed by atoms with E-state index in [-0.39, 0.29) is 40.7 Å². The van der Waals surface area contributed by atoms with E-state index in [4.69, 9.17) is 0 Å². The van der Waals surface area contributed by atoms with Gasteiger partial charge in [-0.1, -0.05) is 24.3 Å².